The molecule has 0 aliphatic heterocycles. The van der Waals surface area contributed by atoms with Crippen LogP contribution in [0.15, 0.2) is 39.0 Å². The molecule has 2 rings (SSSR count). The summed E-state index contributed by atoms with van der Waals surface area (Å²) >= 11 is 3.97. The zero-order valence-corrected chi connectivity index (χ0v) is 14.2. The number of aryl methyl sites for hydroxylation is 1. The van der Waals surface area contributed by atoms with Gasteiger partial charge in [-0.1, -0.05) is 29.8 Å². The van der Waals surface area contributed by atoms with E-state index in [9.17, 15) is 13.2 Å². The second kappa shape index (κ2) is 6.27. The monoisotopic (exact) mass is 389 g/mol. The number of carbonyl (C=O) groups is 1. The predicted octanol–water partition coefficient (Wildman–Crippen LogP) is 3.00. The molecule has 8 heteroatoms. The van der Waals surface area contributed by atoms with Gasteiger partial charge in [-0.2, -0.15) is 0 Å². The minimum absolute atomic E-state index is 0.0298. The third-order valence-corrected chi connectivity index (χ3v) is 6.35. The van der Waals surface area contributed by atoms with Gasteiger partial charge in [0.25, 0.3) is 0 Å². The van der Waals surface area contributed by atoms with Gasteiger partial charge in [-0.15, -0.1) is 11.3 Å². The van der Waals surface area contributed by atoms with Crippen molar-refractivity contribution in [2.45, 2.75) is 18.4 Å². The first-order valence-corrected chi connectivity index (χ1v) is 8.97. The maximum absolute atomic E-state index is 12.2. The summed E-state index contributed by atoms with van der Waals surface area (Å²) in [4.78, 5) is 10.8. The highest BCUT2D eigenvalue weighted by Gasteiger charge is 2.22. The van der Waals surface area contributed by atoms with Gasteiger partial charge in [-0.3, -0.25) is 0 Å². The van der Waals surface area contributed by atoms with Crippen molar-refractivity contribution in [1.82, 2.24) is 4.72 Å². The van der Waals surface area contributed by atoms with Crippen molar-refractivity contribution < 1.29 is 18.3 Å². The number of carboxylic acids is 1. The minimum atomic E-state index is -3.76. The van der Waals surface area contributed by atoms with Crippen LogP contribution in [0, 0.1) is 6.92 Å². The maximum atomic E-state index is 12.2. The number of halogens is 1. The Kier molecular flexibility index (Phi) is 4.82. The van der Waals surface area contributed by atoms with Gasteiger partial charge in [0.05, 0.1) is 3.79 Å². The largest absolute Gasteiger partial charge is 0.477 e. The van der Waals surface area contributed by atoms with Crippen LogP contribution in [-0.4, -0.2) is 19.5 Å². The molecule has 0 aliphatic rings. The Morgan fingerprint density at radius 1 is 1.38 bits per heavy atom. The first-order chi connectivity index (χ1) is 9.79. The molecule has 1 heterocycles. The fourth-order valence-corrected chi connectivity index (χ4v) is 5.14. The van der Waals surface area contributed by atoms with Crippen LogP contribution in [0.5, 0.6) is 0 Å². The number of benzene rings is 1. The minimum Gasteiger partial charge on any atom is -0.477 e. The summed E-state index contributed by atoms with van der Waals surface area (Å²) in [5, 5.41) is 8.90. The molecule has 0 amide bonds. The fourth-order valence-electron chi connectivity index (χ4n) is 1.72. The Morgan fingerprint density at radius 3 is 2.67 bits per heavy atom. The number of aromatic carboxylic acids is 1. The summed E-state index contributed by atoms with van der Waals surface area (Å²) in [7, 11) is -3.76. The molecule has 21 heavy (non-hydrogen) atoms. The maximum Gasteiger partial charge on any atom is 0.345 e. The van der Waals surface area contributed by atoms with E-state index >= 15 is 0 Å². The lowest BCUT2D eigenvalue weighted by atomic mass is 10.1. The Morgan fingerprint density at radius 2 is 2.10 bits per heavy atom. The molecule has 5 nitrogen and oxygen atoms in total. The topological polar surface area (TPSA) is 83.5 Å². The van der Waals surface area contributed by atoms with Gasteiger partial charge in [0.1, 0.15) is 9.77 Å². The highest BCUT2D eigenvalue weighted by molar-refractivity contribution is 9.11. The Hall–Kier alpha value is -1.22. The lowest BCUT2D eigenvalue weighted by molar-refractivity contribution is 0.0702. The van der Waals surface area contributed by atoms with Gasteiger partial charge in [0.15, 0.2) is 0 Å². The van der Waals surface area contributed by atoms with Crippen molar-refractivity contribution in [3.05, 3.63) is 50.1 Å². The van der Waals surface area contributed by atoms with Crippen LogP contribution in [0.3, 0.4) is 0 Å². The van der Waals surface area contributed by atoms with Gasteiger partial charge in [-0.25, -0.2) is 17.9 Å². The van der Waals surface area contributed by atoms with Crippen molar-refractivity contribution >= 4 is 43.3 Å². The van der Waals surface area contributed by atoms with E-state index in [1.165, 1.54) is 0 Å². The van der Waals surface area contributed by atoms with Crippen molar-refractivity contribution in [1.29, 1.82) is 0 Å². The quantitative estimate of drug-likeness (QED) is 0.822. The lowest BCUT2D eigenvalue weighted by Gasteiger charge is -2.06. The van der Waals surface area contributed by atoms with E-state index in [4.69, 9.17) is 5.11 Å². The molecule has 0 unspecified atom stereocenters. The number of sulfonamides is 1. The summed E-state index contributed by atoms with van der Waals surface area (Å²) in [5.74, 6) is -1.15. The number of rotatable bonds is 5. The molecule has 1 aromatic heterocycles. The van der Waals surface area contributed by atoms with Crippen molar-refractivity contribution in [3.8, 4) is 0 Å². The smallest absolute Gasteiger partial charge is 0.345 e. The van der Waals surface area contributed by atoms with Crippen molar-refractivity contribution in [3.63, 3.8) is 0 Å². The summed E-state index contributed by atoms with van der Waals surface area (Å²) in [6, 6.07) is 8.62. The van der Waals surface area contributed by atoms with E-state index < -0.39 is 16.0 Å². The van der Waals surface area contributed by atoms with Gasteiger partial charge >= 0.3 is 5.97 Å². The van der Waals surface area contributed by atoms with Crippen LogP contribution in [0.25, 0.3) is 0 Å². The van der Waals surface area contributed by atoms with Crippen LogP contribution >= 0.6 is 27.3 Å². The summed E-state index contributed by atoms with van der Waals surface area (Å²) < 4.78 is 27.2. The highest BCUT2D eigenvalue weighted by atomic mass is 79.9. The Balaban J connectivity index is 2.21. The number of hydrogen-bond donors (Lipinski definition) is 2. The molecule has 112 valence electrons. The van der Waals surface area contributed by atoms with Crippen LogP contribution in [0.2, 0.25) is 0 Å². The first-order valence-electron chi connectivity index (χ1n) is 5.87. The van der Waals surface area contributed by atoms with Gasteiger partial charge in [0, 0.05) is 6.54 Å². The average molecular weight is 390 g/mol. The second-order valence-corrected chi connectivity index (χ2v) is 8.47. The molecule has 0 saturated heterocycles. The first kappa shape index (κ1) is 16.2. The van der Waals surface area contributed by atoms with Gasteiger partial charge in [0.2, 0.25) is 10.0 Å². The van der Waals surface area contributed by atoms with Crippen LogP contribution in [-0.2, 0) is 16.6 Å². The van der Waals surface area contributed by atoms with Crippen LogP contribution in [0.1, 0.15) is 20.8 Å². The molecular formula is C13H12BrNO4S2. The summed E-state index contributed by atoms with van der Waals surface area (Å²) in [6.07, 6.45) is 0. The molecule has 2 N–H and O–H groups in total. The summed E-state index contributed by atoms with van der Waals surface area (Å²) in [5.41, 5.74) is 1.87. The second-order valence-electron chi connectivity index (χ2n) is 4.37. The number of carboxylic acid groups (broad SMARTS) is 1. The number of thiophene rings is 1. The average Bonchev–Trinajstić information content (AvgIpc) is 2.80. The van der Waals surface area contributed by atoms with E-state index in [0.29, 0.717) is 0 Å². The Labute approximate surface area is 134 Å². The van der Waals surface area contributed by atoms with Gasteiger partial charge < -0.3 is 5.11 Å². The van der Waals surface area contributed by atoms with E-state index in [2.05, 4.69) is 20.7 Å². The lowest BCUT2D eigenvalue weighted by Crippen LogP contribution is -2.23. The molecule has 0 fully saturated rings. The van der Waals surface area contributed by atoms with E-state index in [1.54, 1.807) is 0 Å². The molecule has 0 atom stereocenters. The molecule has 0 aliphatic carbocycles. The fraction of sp³-hybridized carbons (Fsp3) is 0.154. The predicted molar refractivity (Wildman–Crippen MR) is 84.2 cm³/mol. The van der Waals surface area contributed by atoms with E-state index in [0.717, 1.165) is 28.5 Å². The van der Waals surface area contributed by atoms with E-state index in [1.807, 2.05) is 31.2 Å². The molecule has 0 radical (unpaired) electrons. The Bertz CT molecular complexity index is 783. The number of nitrogens with one attached hydrogen (secondary N) is 1. The SMILES string of the molecule is Cc1cccc(CNS(=O)(=O)c2cc(C(=O)O)sc2Br)c1. The normalized spacial score (nSPS) is 11.5. The molecule has 2 aromatic rings. The third kappa shape index (κ3) is 3.91. The molecular weight excluding hydrogens is 378 g/mol. The van der Waals surface area contributed by atoms with Gasteiger partial charge in [-0.05, 0) is 34.5 Å². The molecule has 0 saturated carbocycles. The molecule has 0 bridgehead atoms. The van der Waals surface area contributed by atoms with Crippen molar-refractivity contribution in [2.24, 2.45) is 0 Å². The van der Waals surface area contributed by atoms with Crippen LogP contribution in [0.4, 0.5) is 0 Å². The molecule has 1 aromatic carbocycles. The standard InChI is InChI=1S/C13H12BrNO4S2/c1-8-3-2-4-9(5-8)7-15-21(18,19)11-6-10(13(16)17)20-12(11)14/h2-6,15H,7H2,1H3,(H,16,17). The van der Waals surface area contributed by atoms with Crippen molar-refractivity contribution in [2.75, 3.05) is 0 Å². The van der Waals surface area contributed by atoms with Crippen LogP contribution < -0.4 is 4.72 Å². The molecule has 0 spiro atoms. The highest BCUT2D eigenvalue weighted by Crippen LogP contribution is 2.31. The van der Waals surface area contributed by atoms with E-state index in [-0.39, 0.29) is 20.1 Å². The third-order valence-electron chi connectivity index (χ3n) is 2.70. The zero-order chi connectivity index (χ0) is 15.6. The number of hydrogen-bond acceptors (Lipinski definition) is 4. The summed E-state index contributed by atoms with van der Waals surface area (Å²) in [6.45, 7) is 2.07. The zero-order valence-electron chi connectivity index (χ0n) is 11.0.